The van der Waals surface area contributed by atoms with Crippen LogP contribution in [0.3, 0.4) is 0 Å². The Morgan fingerprint density at radius 2 is 2.00 bits per heavy atom. The zero-order chi connectivity index (χ0) is 15.4. The first-order valence-electron chi connectivity index (χ1n) is 7.46. The van der Waals surface area contributed by atoms with Gasteiger partial charge in [-0.05, 0) is 17.7 Å². The van der Waals surface area contributed by atoms with E-state index < -0.39 is 0 Å². The molecule has 3 heteroatoms. The second-order valence-corrected chi connectivity index (χ2v) is 5.48. The van der Waals surface area contributed by atoms with Gasteiger partial charge in [-0.3, -0.25) is 4.79 Å². The van der Waals surface area contributed by atoms with E-state index in [4.69, 9.17) is 4.74 Å². The van der Waals surface area contributed by atoms with Gasteiger partial charge in [0.15, 0.2) is 0 Å². The van der Waals surface area contributed by atoms with Gasteiger partial charge in [-0.25, -0.2) is 0 Å². The highest BCUT2D eigenvalue weighted by Crippen LogP contribution is 2.28. The molecule has 1 saturated heterocycles. The molecule has 3 rings (SSSR count). The minimum atomic E-state index is 0.144. The molecule has 2 aromatic rings. The maximum atomic E-state index is 12.1. The van der Waals surface area contributed by atoms with Crippen molar-refractivity contribution >= 4 is 11.6 Å². The maximum absolute atomic E-state index is 12.1. The van der Waals surface area contributed by atoms with Crippen LogP contribution in [0.1, 0.15) is 12.0 Å². The van der Waals surface area contributed by atoms with Crippen molar-refractivity contribution < 1.29 is 9.53 Å². The van der Waals surface area contributed by atoms with E-state index in [2.05, 4.69) is 6.58 Å². The zero-order valence-corrected chi connectivity index (χ0v) is 12.4. The number of carbonyl (C=O) groups excluding carboxylic acids is 1. The van der Waals surface area contributed by atoms with Crippen molar-refractivity contribution in [2.45, 2.75) is 13.0 Å². The summed E-state index contributed by atoms with van der Waals surface area (Å²) in [6.07, 6.45) is 2.40. The van der Waals surface area contributed by atoms with E-state index in [-0.39, 0.29) is 11.8 Å². The molecule has 1 heterocycles. The first-order valence-corrected chi connectivity index (χ1v) is 7.46. The van der Waals surface area contributed by atoms with Crippen LogP contribution in [-0.2, 0) is 11.4 Å². The lowest BCUT2D eigenvalue weighted by Gasteiger charge is -2.17. The Hall–Kier alpha value is -2.55. The number of nitrogens with zero attached hydrogens (tertiary/aromatic N) is 1. The summed E-state index contributed by atoms with van der Waals surface area (Å²) in [5.74, 6) is 1.16. The molecule has 22 heavy (non-hydrogen) atoms. The molecule has 2 aromatic carbocycles. The van der Waals surface area contributed by atoms with Crippen LogP contribution in [-0.4, -0.2) is 12.5 Å². The van der Waals surface area contributed by atoms with Gasteiger partial charge in [-0.1, -0.05) is 42.5 Å². The van der Waals surface area contributed by atoms with Crippen molar-refractivity contribution in [1.82, 2.24) is 0 Å². The first-order chi connectivity index (χ1) is 10.8. The van der Waals surface area contributed by atoms with Gasteiger partial charge in [0.1, 0.15) is 12.4 Å². The Bertz CT molecular complexity index is 666. The standard InChI is InChI=1S/C19H19NO2/c1-2-15-11-19(21)20(13-15)17-9-6-10-18(12-17)22-14-16-7-4-3-5-8-16/h2-10,12,15H,1,11,13-14H2. The van der Waals surface area contributed by atoms with Gasteiger partial charge in [0.05, 0.1) is 0 Å². The molecule has 3 nitrogen and oxygen atoms in total. The summed E-state index contributed by atoms with van der Waals surface area (Å²) < 4.78 is 5.82. The molecule has 0 N–H and O–H groups in total. The summed E-state index contributed by atoms with van der Waals surface area (Å²) in [5.41, 5.74) is 2.01. The fourth-order valence-electron chi connectivity index (χ4n) is 2.62. The van der Waals surface area contributed by atoms with E-state index in [1.165, 1.54) is 0 Å². The van der Waals surface area contributed by atoms with E-state index >= 15 is 0 Å². The van der Waals surface area contributed by atoms with Crippen molar-refractivity contribution in [3.63, 3.8) is 0 Å². The summed E-state index contributed by atoms with van der Waals surface area (Å²) in [5, 5.41) is 0. The van der Waals surface area contributed by atoms with Gasteiger partial charge in [0.2, 0.25) is 5.91 Å². The average molecular weight is 293 g/mol. The van der Waals surface area contributed by atoms with Gasteiger partial charge in [0.25, 0.3) is 0 Å². The predicted molar refractivity (Wildman–Crippen MR) is 87.9 cm³/mol. The summed E-state index contributed by atoms with van der Waals surface area (Å²) in [6, 6.07) is 17.7. The molecule has 1 unspecified atom stereocenters. The molecule has 0 radical (unpaired) electrons. The minimum Gasteiger partial charge on any atom is -0.489 e. The quantitative estimate of drug-likeness (QED) is 0.785. The molecule has 0 saturated carbocycles. The highest BCUT2D eigenvalue weighted by molar-refractivity contribution is 5.96. The number of benzene rings is 2. The number of amides is 1. The van der Waals surface area contributed by atoms with E-state index in [1.807, 2.05) is 65.6 Å². The van der Waals surface area contributed by atoms with E-state index in [0.29, 0.717) is 19.6 Å². The largest absolute Gasteiger partial charge is 0.489 e. The van der Waals surface area contributed by atoms with Crippen molar-refractivity contribution in [3.05, 3.63) is 72.8 Å². The summed E-state index contributed by atoms with van der Waals surface area (Å²) in [7, 11) is 0. The molecule has 1 aliphatic heterocycles. The summed E-state index contributed by atoms with van der Waals surface area (Å²) in [6.45, 7) is 5.00. The van der Waals surface area contributed by atoms with Crippen LogP contribution in [0.15, 0.2) is 67.3 Å². The van der Waals surface area contributed by atoms with Gasteiger partial charge in [0, 0.05) is 30.6 Å². The Kier molecular flexibility index (Phi) is 4.24. The van der Waals surface area contributed by atoms with E-state index in [0.717, 1.165) is 17.0 Å². The van der Waals surface area contributed by atoms with E-state index in [9.17, 15) is 4.79 Å². The lowest BCUT2D eigenvalue weighted by Crippen LogP contribution is -2.24. The van der Waals surface area contributed by atoms with Gasteiger partial charge < -0.3 is 9.64 Å². The average Bonchev–Trinajstić information content (AvgIpc) is 2.95. The number of rotatable bonds is 5. The fourth-order valence-corrected chi connectivity index (χ4v) is 2.62. The zero-order valence-electron chi connectivity index (χ0n) is 12.4. The molecule has 0 bridgehead atoms. The third kappa shape index (κ3) is 3.19. The second-order valence-electron chi connectivity index (χ2n) is 5.48. The molecule has 1 amide bonds. The minimum absolute atomic E-state index is 0.144. The highest BCUT2D eigenvalue weighted by atomic mass is 16.5. The summed E-state index contributed by atoms with van der Waals surface area (Å²) in [4.78, 5) is 13.9. The lowest BCUT2D eigenvalue weighted by atomic mass is 10.1. The number of carbonyl (C=O) groups is 1. The van der Waals surface area contributed by atoms with Crippen LogP contribution in [0, 0.1) is 5.92 Å². The highest BCUT2D eigenvalue weighted by Gasteiger charge is 2.28. The van der Waals surface area contributed by atoms with Crippen LogP contribution in [0.4, 0.5) is 5.69 Å². The predicted octanol–water partition coefficient (Wildman–Crippen LogP) is 3.80. The number of hydrogen-bond donors (Lipinski definition) is 0. The molecule has 1 fully saturated rings. The Balaban J connectivity index is 1.70. The number of anilines is 1. The maximum Gasteiger partial charge on any atom is 0.227 e. The Morgan fingerprint density at radius 3 is 2.73 bits per heavy atom. The molecule has 0 spiro atoms. The van der Waals surface area contributed by atoms with Crippen molar-refractivity contribution in [1.29, 1.82) is 0 Å². The Labute approximate surface area is 130 Å². The van der Waals surface area contributed by atoms with Gasteiger partial charge in [-0.2, -0.15) is 0 Å². The third-order valence-electron chi connectivity index (χ3n) is 3.87. The van der Waals surface area contributed by atoms with Gasteiger partial charge >= 0.3 is 0 Å². The fraction of sp³-hybridized carbons (Fsp3) is 0.211. The smallest absolute Gasteiger partial charge is 0.227 e. The third-order valence-corrected chi connectivity index (χ3v) is 3.87. The van der Waals surface area contributed by atoms with Crippen LogP contribution in [0.25, 0.3) is 0 Å². The van der Waals surface area contributed by atoms with Crippen molar-refractivity contribution in [2.75, 3.05) is 11.4 Å². The van der Waals surface area contributed by atoms with Gasteiger partial charge in [-0.15, -0.1) is 6.58 Å². The van der Waals surface area contributed by atoms with Crippen LogP contribution in [0.2, 0.25) is 0 Å². The molecular formula is C19H19NO2. The number of ether oxygens (including phenoxy) is 1. The molecular weight excluding hydrogens is 274 g/mol. The Morgan fingerprint density at radius 1 is 1.18 bits per heavy atom. The van der Waals surface area contributed by atoms with Crippen LogP contribution < -0.4 is 9.64 Å². The molecule has 0 aliphatic carbocycles. The number of hydrogen-bond acceptors (Lipinski definition) is 2. The lowest BCUT2D eigenvalue weighted by molar-refractivity contribution is -0.117. The molecule has 0 aromatic heterocycles. The molecule has 112 valence electrons. The van der Waals surface area contributed by atoms with E-state index in [1.54, 1.807) is 0 Å². The van der Waals surface area contributed by atoms with Crippen molar-refractivity contribution in [3.8, 4) is 5.75 Å². The van der Waals surface area contributed by atoms with Crippen LogP contribution in [0.5, 0.6) is 5.75 Å². The first kappa shape index (κ1) is 14.4. The molecule has 1 aliphatic rings. The molecule has 1 atom stereocenters. The topological polar surface area (TPSA) is 29.5 Å². The second kappa shape index (κ2) is 6.48. The normalized spacial score (nSPS) is 17.5. The monoisotopic (exact) mass is 293 g/mol. The SMILES string of the molecule is C=CC1CC(=O)N(c2cccc(OCc3ccccc3)c2)C1. The summed E-state index contributed by atoms with van der Waals surface area (Å²) >= 11 is 0. The van der Waals surface area contributed by atoms with Crippen LogP contribution >= 0.6 is 0 Å². The van der Waals surface area contributed by atoms with Crippen molar-refractivity contribution in [2.24, 2.45) is 5.92 Å².